The number of rotatable bonds is 7. The molecule has 1 heterocycles. The van der Waals surface area contributed by atoms with E-state index in [-0.39, 0.29) is 17.9 Å². The van der Waals surface area contributed by atoms with E-state index >= 15 is 0 Å². The van der Waals surface area contributed by atoms with Gasteiger partial charge in [0, 0.05) is 12.5 Å². The second kappa shape index (κ2) is 9.74. The average Bonchev–Trinajstić information content (AvgIpc) is 2.74. The van der Waals surface area contributed by atoms with Gasteiger partial charge >= 0.3 is 0 Å². The third-order valence-electron chi connectivity index (χ3n) is 5.73. The Hall–Kier alpha value is -2.33. The number of nitrogens with one attached hydrogen (secondary N) is 1. The number of aryl methyl sites for hydroxylation is 1. The fourth-order valence-electron chi connectivity index (χ4n) is 3.85. The number of carbonyl (C=O) groups is 1. The Labute approximate surface area is 168 Å². The lowest BCUT2D eigenvalue weighted by Gasteiger charge is -2.32. The fraction of sp³-hybridized carbons (Fsp3) is 0.458. The first-order valence-electron chi connectivity index (χ1n) is 10.3. The largest absolute Gasteiger partial charge is 0.497 e. The zero-order valence-corrected chi connectivity index (χ0v) is 17.3. The van der Waals surface area contributed by atoms with Crippen molar-refractivity contribution in [2.24, 2.45) is 5.92 Å². The van der Waals surface area contributed by atoms with E-state index in [0.717, 1.165) is 50.2 Å². The van der Waals surface area contributed by atoms with Crippen LogP contribution >= 0.6 is 0 Å². The summed E-state index contributed by atoms with van der Waals surface area (Å²) in [6.45, 7) is 7.15. The van der Waals surface area contributed by atoms with Crippen LogP contribution in [0.5, 0.6) is 5.75 Å². The molecule has 1 aliphatic rings. The first kappa shape index (κ1) is 20.4. The molecule has 1 aliphatic heterocycles. The maximum atomic E-state index is 12.8. The summed E-state index contributed by atoms with van der Waals surface area (Å²) in [5.41, 5.74) is 3.77. The Kier molecular flexibility index (Phi) is 7.10. The number of hydrogen-bond acceptors (Lipinski definition) is 3. The molecular formula is C24H32N2O2. The van der Waals surface area contributed by atoms with Crippen molar-refractivity contribution < 1.29 is 9.53 Å². The van der Waals surface area contributed by atoms with Gasteiger partial charge in [-0.2, -0.15) is 0 Å². The summed E-state index contributed by atoms with van der Waals surface area (Å²) >= 11 is 0. The number of amides is 1. The molecule has 1 N–H and O–H groups in total. The highest BCUT2D eigenvalue weighted by atomic mass is 16.5. The summed E-state index contributed by atoms with van der Waals surface area (Å²) in [5, 5.41) is 3.26. The first-order valence-corrected chi connectivity index (χ1v) is 10.3. The minimum Gasteiger partial charge on any atom is -0.497 e. The van der Waals surface area contributed by atoms with Gasteiger partial charge in [-0.1, -0.05) is 48.9 Å². The molecular weight excluding hydrogens is 348 g/mol. The highest BCUT2D eigenvalue weighted by Crippen LogP contribution is 2.23. The van der Waals surface area contributed by atoms with E-state index in [4.69, 9.17) is 4.74 Å². The maximum absolute atomic E-state index is 12.8. The Morgan fingerprint density at radius 2 is 1.75 bits per heavy atom. The number of carbonyl (C=O) groups excluding carboxylic acids is 1. The molecule has 1 fully saturated rings. The van der Waals surface area contributed by atoms with Crippen LogP contribution in [-0.2, 0) is 11.3 Å². The molecule has 2 aromatic rings. The van der Waals surface area contributed by atoms with Gasteiger partial charge in [0.2, 0.25) is 5.91 Å². The van der Waals surface area contributed by atoms with Gasteiger partial charge in [-0.3, -0.25) is 9.69 Å². The molecule has 1 unspecified atom stereocenters. The summed E-state index contributed by atoms with van der Waals surface area (Å²) in [6, 6.07) is 16.8. The minimum absolute atomic E-state index is 0.0593. The zero-order chi connectivity index (χ0) is 19.9. The molecule has 1 atom stereocenters. The SMILES string of the molecule is CCC(NC(=O)C1CCN(Cc2ccc(C)cc2)CC1)c1ccc(OC)cc1. The molecule has 0 spiro atoms. The number of benzene rings is 2. The Morgan fingerprint density at radius 1 is 1.11 bits per heavy atom. The van der Waals surface area contributed by atoms with E-state index in [0.29, 0.717) is 0 Å². The second-order valence-electron chi connectivity index (χ2n) is 7.78. The Bertz CT molecular complexity index is 747. The number of likely N-dealkylation sites (tertiary alicyclic amines) is 1. The molecule has 0 saturated carbocycles. The van der Waals surface area contributed by atoms with E-state index in [1.54, 1.807) is 7.11 Å². The van der Waals surface area contributed by atoms with Crippen molar-refractivity contribution in [3.8, 4) is 5.75 Å². The summed E-state index contributed by atoms with van der Waals surface area (Å²) in [5.74, 6) is 1.14. The second-order valence-corrected chi connectivity index (χ2v) is 7.78. The van der Waals surface area contributed by atoms with Crippen LogP contribution in [0, 0.1) is 12.8 Å². The quantitative estimate of drug-likeness (QED) is 0.770. The van der Waals surface area contributed by atoms with Crippen LogP contribution in [0.2, 0.25) is 0 Å². The lowest BCUT2D eigenvalue weighted by atomic mass is 9.94. The molecule has 1 amide bonds. The highest BCUT2D eigenvalue weighted by Gasteiger charge is 2.26. The number of methoxy groups -OCH3 is 1. The lowest BCUT2D eigenvalue weighted by Crippen LogP contribution is -2.41. The lowest BCUT2D eigenvalue weighted by molar-refractivity contribution is -0.127. The average molecular weight is 381 g/mol. The fourth-order valence-corrected chi connectivity index (χ4v) is 3.85. The summed E-state index contributed by atoms with van der Waals surface area (Å²) in [6.07, 6.45) is 2.73. The highest BCUT2D eigenvalue weighted by molar-refractivity contribution is 5.79. The Balaban J connectivity index is 1.50. The molecule has 2 aromatic carbocycles. The van der Waals surface area contributed by atoms with Crippen LogP contribution in [0.1, 0.15) is 48.9 Å². The molecule has 0 radical (unpaired) electrons. The molecule has 4 nitrogen and oxygen atoms in total. The molecule has 28 heavy (non-hydrogen) atoms. The minimum atomic E-state index is 0.0593. The molecule has 3 rings (SSSR count). The van der Waals surface area contributed by atoms with Crippen LogP contribution in [0.25, 0.3) is 0 Å². The number of nitrogens with zero attached hydrogens (tertiary/aromatic N) is 1. The topological polar surface area (TPSA) is 41.6 Å². The monoisotopic (exact) mass is 380 g/mol. The van der Waals surface area contributed by atoms with Gasteiger partial charge in [-0.25, -0.2) is 0 Å². The predicted molar refractivity (Wildman–Crippen MR) is 113 cm³/mol. The predicted octanol–water partition coefficient (Wildman–Crippen LogP) is 4.48. The maximum Gasteiger partial charge on any atom is 0.223 e. The third kappa shape index (κ3) is 5.35. The summed E-state index contributed by atoms with van der Waals surface area (Å²) < 4.78 is 5.23. The normalized spacial score (nSPS) is 16.5. The van der Waals surface area contributed by atoms with Crippen LogP contribution < -0.4 is 10.1 Å². The van der Waals surface area contributed by atoms with Crippen molar-refractivity contribution in [1.29, 1.82) is 0 Å². The van der Waals surface area contributed by atoms with Gasteiger partial charge in [0.25, 0.3) is 0 Å². The van der Waals surface area contributed by atoms with Gasteiger partial charge in [-0.15, -0.1) is 0 Å². The number of hydrogen-bond donors (Lipinski definition) is 1. The molecule has 0 bridgehead atoms. The van der Waals surface area contributed by atoms with E-state index < -0.39 is 0 Å². The van der Waals surface area contributed by atoms with Gasteiger partial charge < -0.3 is 10.1 Å². The van der Waals surface area contributed by atoms with Crippen LogP contribution in [0.4, 0.5) is 0 Å². The van der Waals surface area contributed by atoms with Crippen molar-refractivity contribution in [1.82, 2.24) is 10.2 Å². The van der Waals surface area contributed by atoms with Gasteiger partial charge in [0.1, 0.15) is 5.75 Å². The van der Waals surface area contributed by atoms with Crippen molar-refractivity contribution in [3.63, 3.8) is 0 Å². The van der Waals surface area contributed by atoms with Crippen LogP contribution in [0.3, 0.4) is 0 Å². The third-order valence-corrected chi connectivity index (χ3v) is 5.73. The Morgan fingerprint density at radius 3 is 2.32 bits per heavy atom. The van der Waals surface area contributed by atoms with Crippen molar-refractivity contribution in [2.75, 3.05) is 20.2 Å². The molecule has 1 saturated heterocycles. The van der Waals surface area contributed by atoms with Gasteiger partial charge in [0.15, 0.2) is 0 Å². The summed E-state index contributed by atoms with van der Waals surface area (Å²) in [4.78, 5) is 15.3. The molecule has 0 aliphatic carbocycles. The molecule has 0 aromatic heterocycles. The number of ether oxygens (including phenoxy) is 1. The van der Waals surface area contributed by atoms with Gasteiger partial charge in [-0.05, 0) is 62.5 Å². The standard InChI is InChI=1S/C24H32N2O2/c1-4-23(20-9-11-22(28-3)12-10-20)25-24(27)21-13-15-26(16-14-21)17-19-7-5-18(2)6-8-19/h5-12,21,23H,4,13-17H2,1-3H3,(H,25,27). The molecule has 4 heteroatoms. The molecule has 150 valence electrons. The zero-order valence-electron chi connectivity index (χ0n) is 17.3. The number of piperidine rings is 1. The van der Waals surface area contributed by atoms with Crippen molar-refractivity contribution in [3.05, 3.63) is 65.2 Å². The summed E-state index contributed by atoms with van der Waals surface area (Å²) in [7, 11) is 1.67. The first-order chi connectivity index (χ1) is 13.6. The van der Waals surface area contributed by atoms with Gasteiger partial charge in [0.05, 0.1) is 13.2 Å². The van der Waals surface area contributed by atoms with E-state index in [1.807, 2.05) is 24.3 Å². The van der Waals surface area contributed by atoms with Crippen LogP contribution in [0.15, 0.2) is 48.5 Å². The van der Waals surface area contributed by atoms with E-state index in [2.05, 4.69) is 48.3 Å². The smallest absolute Gasteiger partial charge is 0.223 e. The van der Waals surface area contributed by atoms with Crippen LogP contribution in [-0.4, -0.2) is 31.0 Å². The van der Waals surface area contributed by atoms with E-state index in [9.17, 15) is 4.79 Å². The van der Waals surface area contributed by atoms with E-state index in [1.165, 1.54) is 11.1 Å². The van der Waals surface area contributed by atoms with Crippen molar-refractivity contribution >= 4 is 5.91 Å². The van der Waals surface area contributed by atoms with Crippen molar-refractivity contribution in [2.45, 2.75) is 45.7 Å².